The fourth-order valence-corrected chi connectivity index (χ4v) is 9.09. The van der Waals surface area contributed by atoms with Crippen molar-refractivity contribution < 1.29 is 28.2 Å². The average molecular weight is 621 g/mol. The Balaban J connectivity index is 1.26. The number of aryl methyl sites for hydroxylation is 1. The lowest BCUT2D eigenvalue weighted by Crippen LogP contribution is -2.58. The third-order valence-electron chi connectivity index (χ3n) is 9.93. The summed E-state index contributed by atoms with van der Waals surface area (Å²) in [5.41, 5.74) is 0.196. The van der Waals surface area contributed by atoms with Crippen molar-refractivity contribution in [3.05, 3.63) is 41.2 Å². The van der Waals surface area contributed by atoms with Gasteiger partial charge >= 0.3 is 12.3 Å². The van der Waals surface area contributed by atoms with E-state index in [1.807, 2.05) is 30.8 Å². The van der Waals surface area contributed by atoms with Crippen molar-refractivity contribution in [2.75, 3.05) is 18.4 Å². The lowest BCUT2D eigenvalue weighted by atomic mass is 9.51. The van der Waals surface area contributed by atoms with Crippen molar-refractivity contribution in [1.82, 2.24) is 14.9 Å². The van der Waals surface area contributed by atoms with E-state index in [9.17, 15) is 28.2 Å². The van der Waals surface area contributed by atoms with Gasteiger partial charge in [0.1, 0.15) is 0 Å². The van der Waals surface area contributed by atoms with E-state index in [1.54, 1.807) is 11.8 Å². The van der Waals surface area contributed by atoms with Crippen LogP contribution in [-0.2, 0) is 6.18 Å². The number of hydrogen-bond acceptors (Lipinski definition) is 6. The van der Waals surface area contributed by atoms with Crippen molar-refractivity contribution in [3.63, 3.8) is 0 Å². The maximum absolute atomic E-state index is 13.8. The summed E-state index contributed by atoms with van der Waals surface area (Å²) in [6, 6.07) is 6.03. The number of hydrogen-bond donors (Lipinski definition) is 3. The number of likely N-dealkylation sites (tertiary alicyclic amines) is 1. The molecule has 1 amide bonds. The van der Waals surface area contributed by atoms with Crippen molar-refractivity contribution in [2.24, 2.45) is 16.7 Å². The third-order valence-corrected chi connectivity index (χ3v) is 11.1. The van der Waals surface area contributed by atoms with Crippen LogP contribution < -0.4 is 5.32 Å². The zero-order chi connectivity index (χ0) is 31.4. The van der Waals surface area contributed by atoms with Crippen LogP contribution in [0.5, 0.6) is 0 Å². The molecule has 7 nitrogen and oxygen atoms in total. The van der Waals surface area contributed by atoms with Gasteiger partial charge in [-0.3, -0.25) is 0 Å². The first-order chi connectivity index (χ1) is 20.0. The topological polar surface area (TPSA) is 98.6 Å². The number of halogens is 3. The summed E-state index contributed by atoms with van der Waals surface area (Å²) in [5.74, 6) is 0.0522. The Hall–Kier alpha value is -2.53. The Morgan fingerprint density at radius 2 is 1.81 bits per heavy atom. The number of amides is 1. The van der Waals surface area contributed by atoms with Gasteiger partial charge in [0.2, 0.25) is 5.95 Å². The van der Waals surface area contributed by atoms with Crippen LogP contribution in [0.3, 0.4) is 0 Å². The van der Waals surface area contributed by atoms with Crippen molar-refractivity contribution in [2.45, 2.75) is 107 Å². The molecule has 236 valence electrons. The monoisotopic (exact) mass is 620 g/mol. The number of aromatic nitrogens is 2. The SMILES string of the molecule is Cc1cc(SC2CC3(CCN(C(=O)O)CC3C(C)(C)C)C2)ccc1Nc1ncc(C(F)(F)F)c([C@H]2CC[C@@](C)(O)CC2)n1. The van der Waals surface area contributed by atoms with Gasteiger partial charge in [-0.1, -0.05) is 20.8 Å². The van der Waals surface area contributed by atoms with Gasteiger partial charge in [0.05, 0.1) is 16.9 Å². The van der Waals surface area contributed by atoms with Gasteiger partial charge in [0.15, 0.2) is 0 Å². The van der Waals surface area contributed by atoms with E-state index in [1.165, 1.54) is 0 Å². The number of piperidine rings is 1. The number of aliphatic hydroxyl groups is 1. The number of anilines is 2. The largest absolute Gasteiger partial charge is 0.465 e. The molecule has 43 heavy (non-hydrogen) atoms. The molecule has 2 heterocycles. The molecular weight excluding hydrogens is 577 g/mol. The number of benzene rings is 1. The number of alkyl halides is 3. The molecule has 2 saturated carbocycles. The lowest BCUT2D eigenvalue weighted by Gasteiger charge is -2.60. The molecule has 3 N–H and O–H groups in total. The molecule has 1 atom stereocenters. The summed E-state index contributed by atoms with van der Waals surface area (Å²) in [7, 11) is 0. The van der Waals surface area contributed by atoms with Crippen LogP contribution >= 0.6 is 11.8 Å². The highest BCUT2D eigenvalue weighted by atomic mass is 32.2. The Morgan fingerprint density at radius 3 is 2.40 bits per heavy atom. The smallest absolute Gasteiger partial charge is 0.419 e. The van der Waals surface area contributed by atoms with E-state index in [-0.39, 0.29) is 28.4 Å². The molecule has 5 rings (SSSR count). The summed E-state index contributed by atoms with van der Waals surface area (Å²) < 4.78 is 41.5. The van der Waals surface area contributed by atoms with Crippen LogP contribution in [0.25, 0.3) is 0 Å². The molecule has 0 bridgehead atoms. The minimum absolute atomic E-state index is 0.00742. The molecule has 1 aliphatic heterocycles. The maximum atomic E-state index is 13.8. The molecule has 1 aromatic heterocycles. The van der Waals surface area contributed by atoms with Crippen LogP contribution in [0.15, 0.2) is 29.3 Å². The van der Waals surface area contributed by atoms with Gasteiger partial charge in [-0.25, -0.2) is 14.8 Å². The zero-order valence-electron chi connectivity index (χ0n) is 25.6. The predicted molar refractivity (Wildman–Crippen MR) is 162 cm³/mol. The summed E-state index contributed by atoms with van der Waals surface area (Å²) >= 11 is 1.84. The van der Waals surface area contributed by atoms with Crippen molar-refractivity contribution in [1.29, 1.82) is 0 Å². The molecule has 1 aromatic carbocycles. The molecule has 2 aromatic rings. The molecular formula is C32H43F3N4O3S. The fraction of sp³-hybridized carbons (Fsp3) is 0.656. The number of carboxylic acid groups (broad SMARTS) is 1. The van der Waals surface area contributed by atoms with Gasteiger partial charge in [-0.15, -0.1) is 11.8 Å². The number of thioether (sulfide) groups is 1. The van der Waals surface area contributed by atoms with Gasteiger partial charge in [-0.05, 0) is 99.3 Å². The highest BCUT2D eigenvalue weighted by Crippen LogP contribution is 2.61. The molecule has 1 saturated heterocycles. The first kappa shape index (κ1) is 31.9. The molecule has 3 fully saturated rings. The third kappa shape index (κ3) is 6.92. The minimum Gasteiger partial charge on any atom is -0.465 e. The van der Waals surface area contributed by atoms with Gasteiger partial charge < -0.3 is 20.4 Å². The molecule has 11 heteroatoms. The molecule has 3 aliphatic rings. The van der Waals surface area contributed by atoms with Crippen LogP contribution in [0.1, 0.15) is 95.4 Å². The first-order valence-corrected chi connectivity index (χ1v) is 16.0. The number of carbonyl (C=O) groups is 1. The first-order valence-electron chi connectivity index (χ1n) is 15.1. The van der Waals surface area contributed by atoms with Crippen molar-refractivity contribution in [3.8, 4) is 0 Å². The second-order valence-electron chi connectivity index (χ2n) is 14.3. The number of nitrogens with zero attached hydrogens (tertiary/aromatic N) is 3. The lowest BCUT2D eigenvalue weighted by molar-refractivity contribution is -0.139. The van der Waals surface area contributed by atoms with Crippen molar-refractivity contribution >= 4 is 29.5 Å². The second kappa shape index (κ2) is 11.4. The Morgan fingerprint density at radius 1 is 1.14 bits per heavy atom. The number of nitrogens with one attached hydrogen (secondary N) is 1. The van der Waals surface area contributed by atoms with Gasteiger partial charge in [0.25, 0.3) is 0 Å². The van der Waals surface area contributed by atoms with E-state index < -0.39 is 23.4 Å². The zero-order valence-corrected chi connectivity index (χ0v) is 26.4. The Labute approximate surface area is 256 Å². The van der Waals surface area contributed by atoms with E-state index in [4.69, 9.17) is 0 Å². The highest BCUT2D eigenvalue weighted by Gasteiger charge is 2.55. The molecule has 1 spiro atoms. The normalized spacial score (nSPS) is 29.8. The summed E-state index contributed by atoms with van der Waals surface area (Å²) in [4.78, 5) is 22.7. The molecule has 0 radical (unpaired) electrons. The van der Waals surface area contributed by atoms with E-state index in [0.717, 1.165) is 41.6 Å². The molecule has 2 aliphatic carbocycles. The van der Waals surface area contributed by atoms with E-state index in [0.29, 0.717) is 49.9 Å². The molecule has 1 unspecified atom stereocenters. The Kier molecular flexibility index (Phi) is 8.48. The standard InChI is InChI=1S/C32H43F3N4O3S/c1-19-14-21(43-22-15-31(16-22)12-13-39(28(40)41)18-25(31)29(2,3)4)6-7-24(19)37-27-36-17-23(32(33,34)35)26(38-27)20-8-10-30(5,42)11-9-20/h6-7,14,17,20,22,25,42H,8-13,15-16,18H2,1-5H3,(H,40,41)(H,36,37,38)/t20-,22?,25?,30+,31?. The summed E-state index contributed by atoms with van der Waals surface area (Å²) in [6.07, 6.45) is 0.241. The van der Waals surface area contributed by atoms with Crippen LogP contribution in [0.4, 0.5) is 29.6 Å². The summed E-state index contributed by atoms with van der Waals surface area (Å²) in [6.45, 7) is 11.5. The van der Waals surface area contributed by atoms with E-state index >= 15 is 0 Å². The van der Waals surface area contributed by atoms with Crippen LogP contribution in [0.2, 0.25) is 0 Å². The van der Waals surface area contributed by atoms with Crippen LogP contribution in [0, 0.1) is 23.7 Å². The maximum Gasteiger partial charge on any atom is 0.419 e. The minimum atomic E-state index is -4.55. The Bertz CT molecular complexity index is 1340. The fourth-order valence-electron chi connectivity index (χ4n) is 7.48. The van der Waals surface area contributed by atoms with E-state index in [2.05, 4.69) is 42.1 Å². The van der Waals surface area contributed by atoms with Gasteiger partial charge in [0, 0.05) is 41.0 Å². The average Bonchev–Trinajstić information content (AvgIpc) is 2.88. The quantitative estimate of drug-likeness (QED) is 0.310. The highest BCUT2D eigenvalue weighted by molar-refractivity contribution is 8.00. The number of rotatable bonds is 5. The second-order valence-corrected chi connectivity index (χ2v) is 15.6. The predicted octanol–water partition coefficient (Wildman–Crippen LogP) is 8.24. The summed E-state index contributed by atoms with van der Waals surface area (Å²) in [5, 5.41) is 23.4. The van der Waals surface area contributed by atoms with Crippen LogP contribution in [-0.4, -0.2) is 55.1 Å². The van der Waals surface area contributed by atoms with Gasteiger partial charge in [-0.2, -0.15) is 13.2 Å².